The lowest BCUT2D eigenvalue weighted by atomic mass is 9.98. The van der Waals surface area contributed by atoms with Crippen molar-refractivity contribution in [3.05, 3.63) is 99.8 Å². The quantitative estimate of drug-likeness (QED) is 0.0772. The SMILES string of the molecule is Cc1cc(OCCCc2c3n(c4c(-c5c(C)nn(C)c5C)cccc24)C(C)[C@@H](Cl)N(c2cn(CC(=O)N4CCOCC4)c4ccc(-c5ncn(C)n5)cc24)C3=O)cc(C)c1Cl. The third-order valence-corrected chi connectivity index (χ3v) is 13.4. The van der Waals surface area contributed by atoms with Crippen LogP contribution in [0.4, 0.5) is 5.69 Å². The Hall–Kier alpha value is -5.63. The van der Waals surface area contributed by atoms with E-state index < -0.39 is 5.50 Å². The summed E-state index contributed by atoms with van der Waals surface area (Å²) in [4.78, 5) is 37.4. The van der Waals surface area contributed by atoms with Crippen molar-refractivity contribution in [3.8, 4) is 28.3 Å². The van der Waals surface area contributed by atoms with Gasteiger partial charge in [-0.05, 0) is 94.5 Å². The van der Waals surface area contributed by atoms with Crippen LogP contribution in [0.1, 0.15) is 58.0 Å². The molecule has 0 saturated carbocycles. The molecule has 13 nitrogen and oxygen atoms in total. The zero-order valence-electron chi connectivity index (χ0n) is 35.5. The van der Waals surface area contributed by atoms with Crippen LogP contribution in [0.15, 0.2) is 61.1 Å². The van der Waals surface area contributed by atoms with E-state index in [-0.39, 0.29) is 24.4 Å². The summed E-state index contributed by atoms with van der Waals surface area (Å²) in [7, 11) is 3.78. The van der Waals surface area contributed by atoms with Gasteiger partial charge in [-0.2, -0.15) is 10.2 Å². The minimum absolute atomic E-state index is 0.0231. The fourth-order valence-corrected chi connectivity index (χ4v) is 9.61. The summed E-state index contributed by atoms with van der Waals surface area (Å²) in [5.41, 5.74) is 9.74. The van der Waals surface area contributed by atoms with Gasteiger partial charge in [-0.1, -0.05) is 41.4 Å². The molecule has 4 aromatic heterocycles. The van der Waals surface area contributed by atoms with E-state index in [4.69, 9.17) is 37.8 Å². The topological polar surface area (TPSA) is 117 Å². The van der Waals surface area contributed by atoms with E-state index in [0.717, 1.165) is 77.3 Å². The highest BCUT2D eigenvalue weighted by Gasteiger charge is 2.42. The molecule has 0 N–H and O–H groups in total. The number of fused-ring (bicyclic) bond motifs is 4. The first-order valence-electron chi connectivity index (χ1n) is 20.7. The van der Waals surface area contributed by atoms with E-state index in [2.05, 4.69) is 46.7 Å². The minimum atomic E-state index is -0.794. The number of para-hydroxylation sites is 1. The number of hydrogen-bond acceptors (Lipinski definition) is 7. The number of amides is 2. The number of benzene rings is 3. The number of ether oxygens (including phenoxy) is 2. The summed E-state index contributed by atoms with van der Waals surface area (Å²) in [6.45, 7) is 12.7. The van der Waals surface area contributed by atoms with Crippen molar-refractivity contribution in [2.75, 3.05) is 37.8 Å². The Kier molecular flexibility index (Phi) is 10.7. The Morgan fingerprint density at radius 2 is 1.74 bits per heavy atom. The third-order valence-electron chi connectivity index (χ3n) is 12.3. The molecule has 9 rings (SSSR count). The second-order valence-corrected chi connectivity index (χ2v) is 17.1. The summed E-state index contributed by atoms with van der Waals surface area (Å²) in [5.74, 6) is 1.07. The Labute approximate surface area is 364 Å². The third kappa shape index (κ3) is 7.06. The van der Waals surface area contributed by atoms with Crippen LogP contribution in [-0.2, 0) is 36.6 Å². The summed E-state index contributed by atoms with van der Waals surface area (Å²) in [6, 6.07) is 15.7. The summed E-state index contributed by atoms with van der Waals surface area (Å²) >= 11 is 14.1. The summed E-state index contributed by atoms with van der Waals surface area (Å²) in [6.07, 6.45) is 4.78. The van der Waals surface area contributed by atoms with Crippen LogP contribution in [0, 0.1) is 27.7 Å². The lowest BCUT2D eigenvalue weighted by Gasteiger charge is -2.38. The molecular formula is C46H49Cl2N9O4. The number of aromatic nitrogens is 7. The van der Waals surface area contributed by atoms with Crippen LogP contribution in [0.5, 0.6) is 5.75 Å². The van der Waals surface area contributed by atoms with Gasteiger partial charge in [-0.3, -0.25) is 23.9 Å². The van der Waals surface area contributed by atoms with E-state index in [9.17, 15) is 4.79 Å². The lowest BCUT2D eigenvalue weighted by molar-refractivity contribution is -0.135. The van der Waals surface area contributed by atoms with Crippen LogP contribution in [0.2, 0.25) is 5.02 Å². The maximum absolute atomic E-state index is 15.6. The van der Waals surface area contributed by atoms with Gasteiger partial charge in [0.15, 0.2) is 5.82 Å². The van der Waals surface area contributed by atoms with Gasteiger partial charge >= 0.3 is 0 Å². The maximum atomic E-state index is 15.6. The normalized spacial score (nSPS) is 16.9. The van der Waals surface area contributed by atoms with Crippen molar-refractivity contribution < 1.29 is 19.1 Å². The number of hydrogen-bond donors (Lipinski definition) is 0. The van der Waals surface area contributed by atoms with E-state index in [0.29, 0.717) is 63.0 Å². The van der Waals surface area contributed by atoms with Gasteiger partial charge in [0.1, 0.15) is 29.8 Å². The van der Waals surface area contributed by atoms with Crippen molar-refractivity contribution in [3.63, 3.8) is 0 Å². The first kappa shape index (κ1) is 40.8. The molecule has 1 saturated heterocycles. The number of alkyl halides is 1. The van der Waals surface area contributed by atoms with Gasteiger partial charge in [0.05, 0.1) is 48.3 Å². The molecular weight excluding hydrogens is 813 g/mol. The number of nitrogens with zero attached hydrogens (tertiary/aromatic N) is 9. The highest BCUT2D eigenvalue weighted by atomic mass is 35.5. The number of rotatable bonds is 10. The predicted octanol–water partition coefficient (Wildman–Crippen LogP) is 8.34. The number of anilines is 1. The average molecular weight is 863 g/mol. The Bertz CT molecular complexity index is 2840. The predicted molar refractivity (Wildman–Crippen MR) is 239 cm³/mol. The lowest BCUT2D eigenvalue weighted by Crippen LogP contribution is -2.47. The van der Waals surface area contributed by atoms with Crippen LogP contribution in [0.25, 0.3) is 44.3 Å². The van der Waals surface area contributed by atoms with Gasteiger partial charge in [-0.25, -0.2) is 4.98 Å². The zero-order valence-corrected chi connectivity index (χ0v) is 37.0. The zero-order chi connectivity index (χ0) is 42.9. The average Bonchev–Trinajstić information content (AvgIpc) is 4.00. The number of morpholine rings is 1. The van der Waals surface area contributed by atoms with Crippen LogP contribution in [0.3, 0.4) is 0 Å². The van der Waals surface area contributed by atoms with Crippen molar-refractivity contribution in [2.45, 2.75) is 65.5 Å². The molecule has 0 bridgehead atoms. The molecule has 15 heteroatoms. The van der Waals surface area contributed by atoms with Crippen molar-refractivity contribution in [1.82, 2.24) is 38.6 Å². The van der Waals surface area contributed by atoms with E-state index >= 15 is 4.79 Å². The van der Waals surface area contributed by atoms with Gasteiger partial charge in [0.25, 0.3) is 5.91 Å². The van der Waals surface area contributed by atoms with Gasteiger partial charge in [0.2, 0.25) is 5.91 Å². The second-order valence-electron chi connectivity index (χ2n) is 16.3. The van der Waals surface area contributed by atoms with Crippen LogP contribution >= 0.6 is 23.2 Å². The fraction of sp³-hybridized carbons (Fsp3) is 0.370. The van der Waals surface area contributed by atoms with Crippen molar-refractivity contribution in [2.24, 2.45) is 14.1 Å². The monoisotopic (exact) mass is 861 g/mol. The highest BCUT2D eigenvalue weighted by Crippen LogP contribution is 2.46. The maximum Gasteiger partial charge on any atom is 0.276 e. The van der Waals surface area contributed by atoms with E-state index in [1.807, 2.05) is 85.5 Å². The Morgan fingerprint density at radius 3 is 2.43 bits per heavy atom. The second kappa shape index (κ2) is 16.0. The van der Waals surface area contributed by atoms with E-state index in [1.165, 1.54) is 0 Å². The molecule has 1 unspecified atom stereocenters. The summed E-state index contributed by atoms with van der Waals surface area (Å²) < 4.78 is 19.4. The number of carbonyl (C=O) groups is 2. The largest absolute Gasteiger partial charge is 0.494 e. The molecule has 3 aromatic carbocycles. The fourth-order valence-electron chi connectivity index (χ4n) is 9.19. The molecule has 0 radical (unpaired) electrons. The molecule has 2 aliphatic rings. The molecule has 6 heterocycles. The number of carbonyl (C=O) groups excluding carboxylic acids is 2. The molecule has 2 atom stereocenters. The Morgan fingerprint density at radius 1 is 0.984 bits per heavy atom. The van der Waals surface area contributed by atoms with Gasteiger partial charge in [-0.15, -0.1) is 0 Å². The molecule has 2 amide bonds. The van der Waals surface area contributed by atoms with Crippen LogP contribution < -0.4 is 9.64 Å². The van der Waals surface area contributed by atoms with Gasteiger partial charge < -0.3 is 23.5 Å². The van der Waals surface area contributed by atoms with Crippen LogP contribution in [-0.4, -0.2) is 88.8 Å². The van der Waals surface area contributed by atoms with Crippen molar-refractivity contribution in [1.29, 1.82) is 0 Å². The molecule has 61 heavy (non-hydrogen) atoms. The minimum Gasteiger partial charge on any atom is -0.494 e. The Balaban J connectivity index is 1.18. The van der Waals surface area contributed by atoms with Gasteiger partial charge in [0, 0.05) is 71.6 Å². The molecule has 7 aromatic rings. The smallest absolute Gasteiger partial charge is 0.276 e. The summed E-state index contributed by atoms with van der Waals surface area (Å²) in [5, 5.41) is 11.8. The first-order chi connectivity index (χ1) is 29.3. The molecule has 316 valence electrons. The standard InChI is InChI=1S/C46H49Cl2N9O4/c1-26-20-32(21-27(2)41(26)47)61-17-9-12-34-33-10-8-11-35(40-28(3)50-53(7)29(40)4)42(33)56-30(5)44(48)57(46(59)43(34)56)38-23-55(24-39(58)54-15-18-60-19-16-54)37-14-13-31(22-36(37)38)45-49-25-52(6)51-45/h8,10-11,13-14,20-23,25,30,44H,9,12,15-19,24H2,1-7H3/t30?,44-/m0/s1. The van der Waals surface area contributed by atoms with Crippen molar-refractivity contribution >= 4 is 62.5 Å². The first-order valence-corrected chi connectivity index (χ1v) is 21.5. The molecule has 0 spiro atoms. The van der Waals surface area contributed by atoms with E-state index in [1.54, 1.807) is 15.9 Å². The highest BCUT2D eigenvalue weighted by molar-refractivity contribution is 6.32. The molecule has 0 aliphatic carbocycles. The molecule has 2 aliphatic heterocycles. The number of halogens is 2. The number of aryl methyl sites for hydroxylation is 6. The molecule has 1 fully saturated rings.